The van der Waals surface area contributed by atoms with Crippen LogP contribution in [0.25, 0.3) is 0 Å². The summed E-state index contributed by atoms with van der Waals surface area (Å²) in [5.41, 5.74) is 5.32. The van der Waals surface area contributed by atoms with Gasteiger partial charge in [0.15, 0.2) is 4.90 Å². The van der Waals surface area contributed by atoms with Gasteiger partial charge in [-0.05, 0) is 43.2 Å². The number of sulfonamides is 1. The molecule has 0 aromatic heterocycles. The van der Waals surface area contributed by atoms with E-state index in [4.69, 9.17) is 5.73 Å². The third-order valence-corrected chi connectivity index (χ3v) is 5.52. The number of nitrogens with one attached hydrogen (secondary N) is 1. The number of anilines is 1. The molecule has 1 aromatic carbocycles. The predicted molar refractivity (Wildman–Crippen MR) is 77.1 cm³/mol. The molecule has 3 N–H and O–H groups in total. The standard InChI is InChI=1S/C14H20F2N2O2S/c1-14(2)5-3-10(4-6-14)18-21(19,20)13-11(15)7-9(17)8-12(13)16/h7-8,10,18H,3-6,17H2,1-2H3. The van der Waals surface area contributed by atoms with Crippen LogP contribution >= 0.6 is 0 Å². The van der Waals surface area contributed by atoms with Gasteiger partial charge in [-0.3, -0.25) is 0 Å². The molecular weight excluding hydrogens is 298 g/mol. The van der Waals surface area contributed by atoms with Gasteiger partial charge in [0.1, 0.15) is 11.6 Å². The topological polar surface area (TPSA) is 72.2 Å². The molecule has 7 heteroatoms. The van der Waals surface area contributed by atoms with E-state index in [1.165, 1.54) is 0 Å². The van der Waals surface area contributed by atoms with Crippen molar-refractivity contribution in [2.75, 3.05) is 5.73 Å². The Morgan fingerprint density at radius 3 is 2.14 bits per heavy atom. The van der Waals surface area contributed by atoms with Crippen molar-refractivity contribution >= 4 is 15.7 Å². The number of nitrogen functional groups attached to an aromatic ring is 1. The maximum Gasteiger partial charge on any atom is 0.246 e. The second kappa shape index (κ2) is 5.53. The van der Waals surface area contributed by atoms with Crippen LogP contribution < -0.4 is 10.5 Å². The van der Waals surface area contributed by atoms with Crippen LogP contribution in [0.5, 0.6) is 0 Å². The quantitative estimate of drug-likeness (QED) is 0.842. The first-order valence-electron chi connectivity index (χ1n) is 6.88. The van der Waals surface area contributed by atoms with Crippen molar-refractivity contribution in [3.63, 3.8) is 0 Å². The van der Waals surface area contributed by atoms with Gasteiger partial charge in [-0.2, -0.15) is 0 Å². The van der Waals surface area contributed by atoms with Crippen molar-refractivity contribution in [1.82, 2.24) is 4.72 Å². The molecule has 0 saturated heterocycles. The van der Waals surface area contributed by atoms with Gasteiger partial charge in [-0.25, -0.2) is 21.9 Å². The molecule has 1 aromatic rings. The van der Waals surface area contributed by atoms with E-state index in [1.54, 1.807) is 0 Å². The molecule has 0 atom stereocenters. The van der Waals surface area contributed by atoms with E-state index < -0.39 is 26.6 Å². The van der Waals surface area contributed by atoms with E-state index in [1.807, 2.05) is 0 Å². The summed E-state index contributed by atoms with van der Waals surface area (Å²) in [5, 5.41) is 0. The lowest BCUT2D eigenvalue weighted by Gasteiger charge is -2.34. The lowest BCUT2D eigenvalue weighted by molar-refractivity contribution is 0.218. The predicted octanol–water partition coefficient (Wildman–Crippen LogP) is 2.79. The van der Waals surface area contributed by atoms with E-state index in [0.29, 0.717) is 12.8 Å². The summed E-state index contributed by atoms with van der Waals surface area (Å²) < 4.78 is 54.3. The molecule has 0 heterocycles. The van der Waals surface area contributed by atoms with Crippen LogP contribution in [0.1, 0.15) is 39.5 Å². The first-order chi connectivity index (χ1) is 9.61. The van der Waals surface area contributed by atoms with Crippen LogP contribution in [-0.4, -0.2) is 14.5 Å². The van der Waals surface area contributed by atoms with E-state index >= 15 is 0 Å². The van der Waals surface area contributed by atoms with Gasteiger partial charge in [0.25, 0.3) is 0 Å². The maximum atomic E-state index is 13.7. The minimum atomic E-state index is -4.23. The Hall–Kier alpha value is -1.21. The molecule has 1 fully saturated rings. The van der Waals surface area contributed by atoms with Gasteiger partial charge in [0, 0.05) is 11.7 Å². The summed E-state index contributed by atoms with van der Waals surface area (Å²) >= 11 is 0. The summed E-state index contributed by atoms with van der Waals surface area (Å²) in [6.07, 6.45) is 3.05. The zero-order valence-electron chi connectivity index (χ0n) is 12.1. The molecule has 0 spiro atoms. The van der Waals surface area contributed by atoms with Crippen molar-refractivity contribution in [2.45, 2.75) is 50.5 Å². The minimum Gasteiger partial charge on any atom is -0.399 e. The first kappa shape index (κ1) is 16.2. The number of halogens is 2. The van der Waals surface area contributed by atoms with Gasteiger partial charge in [0.05, 0.1) is 0 Å². The third kappa shape index (κ3) is 3.71. The van der Waals surface area contributed by atoms with Crippen LogP contribution in [0.2, 0.25) is 0 Å². The molecule has 21 heavy (non-hydrogen) atoms. The summed E-state index contributed by atoms with van der Waals surface area (Å²) in [6, 6.07) is 1.32. The monoisotopic (exact) mass is 318 g/mol. The van der Waals surface area contributed by atoms with Crippen LogP contribution in [0.3, 0.4) is 0 Å². The summed E-state index contributed by atoms with van der Waals surface area (Å²) in [7, 11) is -4.23. The molecule has 4 nitrogen and oxygen atoms in total. The Bertz CT molecular complexity index is 611. The van der Waals surface area contributed by atoms with E-state index in [0.717, 1.165) is 25.0 Å². The van der Waals surface area contributed by atoms with Crippen LogP contribution in [0, 0.1) is 17.0 Å². The highest BCUT2D eigenvalue weighted by molar-refractivity contribution is 7.89. The number of rotatable bonds is 3. The van der Waals surface area contributed by atoms with Crippen molar-refractivity contribution in [3.05, 3.63) is 23.8 Å². The minimum absolute atomic E-state index is 0.150. The zero-order chi connectivity index (χ0) is 15.8. The second-order valence-corrected chi connectivity index (χ2v) is 8.02. The highest BCUT2D eigenvalue weighted by atomic mass is 32.2. The fraction of sp³-hybridized carbons (Fsp3) is 0.571. The van der Waals surface area contributed by atoms with Crippen LogP contribution in [0.15, 0.2) is 17.0 Å². The molecule has 0 radical (unpaired) electrons. The molecule has 2 rings (SSSR count). The number of benzene rings is 1. The Morgan fingerprint density at radius 2 is 1.67 bits per heavy atom. The summed E-state index contributed by atoms with van der Waals surface area (Å²) in [5.74, 6) is -2.34. The molecule has 0 aliphatic heterocycles. The fourth-order valence-corrected chi connectivity index (χ4v) is 4.06. The van der Waals surface area contributed by atoms with Crippen molar-refractivity contribution < 1.29 is 17.2 Å². The highest BCUT2D eigenvalue weighted by Gasteiger charge is 2.32. The van der Waals surface area contributed by atoms with Crippen molar-refractivity contribution in [3.8, 4) is 0 Å². The van der Waals surface area contributed by atoms with Crippen LogP contribution in [0.4, 0.5) is 14.5 Å². The van der Waals surface area contributed by atoms with Gasteiger partial charge < -0.3 is 5.73 Å². The zero-order valence-corrected chi connectivity index (χ0v) is 12.9. The molecule has 0 unspecified atom stereocenters. The average molecular weight is 318 g/mol. The molecular formula is C14H20F2N2O2S. The Kier molecular flexibility index (Phi) is 4.26. The number of hydrogen-bond acceptors (Lipinski definition) is 3. The fourth-order valence-electron chi connectivity index (χ4n) is 2.63. The molecule has 1 saturated carbocycles. The number of hydrogen-bond donors (Lipinski definition) is 2. The molecule has 0 amide bonds. The lowest BCUT2D eigenvalue weighted by atomic mass is 9.76. The molecule has 0 bridgehead atoms. The smallest absolute Gasteiger partial charge is 0.246 e. The number of nitrogens with two attached hydrogens (primary N) is 1. The van der Waals surface area contributed by atoms with E-state index in [-0.39, 0.29) is 17.1 Å². The van der Waals surface area contributed by atoms with Gasteiger partial charge in [-0.15, -0.1) is 0 Å². The lowest BCUT2D eigenvalue weighted by Crippen LogP contribution is -2.39. The van der Waals surface area contributed by atoms with Crippen LogP contribution in [-0.2, 0) is 10.0 Å². The molecule has 118 valence electrons. The first-order valence-corrected chi connectivity index (χ1v) is 8.36. The summed E-state index contributed by atoms with van der Waals surface area (Å²) in [4.78, 5) is -0.957. The Morgan fingerprint density at radius 1 is 1.19 bits per heavy atom. The SMILES string of the molecule is CC1(C)CCC(NS(=O)(=O)c2c(F)cc(N)cc2F)CC1. The van der Waals surface area contributed by atoms with Gasteiger partial charge in [0.2, 0.25) is 10.0 Å². The maximum absolute atomic E-state index is 13.7. The normalized spacial score (nSPS) is 19.6. The Balaban J connectivity index is 2.20. The summed E-state index contributed by atoms with van der Waals surface area (Å²) in [6.45, 7) is 4.24. The van der Waals surface area contributed by atoms with E-state index in [9.17, 15) is 17.2 Å². The third-order valence-electron chi connectivity index (χ3n) is 3.95. The second-order valence-electron chi connectivity index (χ2n) is 6.37. The van der Waals surface area contributed by atoms with Gasteiger partial charge in [-0.1, -0.05) is 13.8 Å². The molecule has 1 aliphatic rings. The van der Waals surface area contributed by atoms with Crippen molar-refractivity contribution in [1.29, 1.82) is 0 Å². The Labute approximate surface area is 123 Å². The van der Waals surface area contributed by atoms with Gasteiger partial charge >= 0.3 is 0 Å². The highest BCUT2D eigenvalue weighted by Crippen LogP contribution is 2.35. The van der Waals surface area contributed by atoms with E-state index in [2.05, 4.69) is 18.6 Å². The average Bonchev–Trinajstić information content (AvgIpc) is 2.30. The molecule has 1 aliphatic carbocycles. The van der Waals surface area contributed by atoms with Crippen molar-refractivity contribution in [2.24, 2.45) is 5.41 Å². The largest absolute Gasteiger partial charge is 0.399 e.